The standard InChI is InChI=1S/C10H14ClNO3/c1-5-3-6(7(12)4-13)10(15-2)8(11)9(5)14/h3,7,13-14H,4,12H2,1-2H3. The number of aryl methyl sites for hydroxylation is 1. The topological polar surface area (TPSA) is 75.7 Å². The fourth-order valence-electron chi connectivity index (χ4n) is 1.36. The van der Waals surface area contributed by atoms with Gasteiger partial charge in [-0.25, -0.2) is 0 Å². The molecule has 0 aromatic heterocycles. The highest BCUT2D eigenvalue weighted by Crippen LogP contribution is 2.40. The van der Waals surface area contributed by atoms with E-state index in [0.29, 0.717) is 16.9 Å². The van der Waals surface area contributed by atoms with Crippen LogP contribution >= 0.6 is 11.6 Å². The van der Waals surface area contributed by atoms with E-state index in [-0.39, 0.29) is 17.4 Å². The van der Waals surface area contributed by atoms with Crippen molar-refractivity contribution in [3.05, 3.63) is 22.2 Å². The van der Waals surface area contributed by atoms with E-state index in [2.05, 4.69) is 0 Å². The first-order valence-corrected chi connectivity index (χ1v) is 4.83. The van der Waals surface area contributed by atoms with Crippen LogP contribution in [0, 0.1) is 6.92 Å². The molecule has 1 atom stereocenters. The van der Waals surface area contributed by atoms with Crippen LogP contribution in [-0.4, -0.2) is 23.9 Å². The highest BCUT2D eigenvalue weighted by Gasteiger charge is 2.18. The van der Waals surface area contributed by atoms with E-state index in [0.717, 1.165) is 0 Å². The Labute approximate surface area is 93.2 Å². The molecular weight excluding hydrogens is 218 g/mol. The summed E-state index contributed by atoms with van der Waals surface area (Å²) >= 11 is 5.89. The van der Waals surface area contributed by atoms with Gasteiger partial charge < -0.3 is 20.7 Å². The molecule has 0 spiro atoms. The SMILES string of the molecule is COc1c(C(N)CO)cc(C)c(O)c1Cl. The largest absolute Gasteiger partial charge is 0.506 e. The number of methoxy groups -OCH3 is 1. The Morgan fingerprint density at radius 2 is 2.20 bits per heavy atom. The lowest BCUT2D eigenvalue weighted by atomic mass is 10.0. The average molecular weight is 232 g/mol. The highest BCUT2D eigenvalue weighted by atomic mass is 35.5. The minimum Gasteiger partial charge on any atom is -0.506 e. The van der Waals surface area contributed by atoms with Gasteiger partial charge in [-0.1, -0.05) is 11.6 Å². The van der Waals surface area contributed by atoms with Gasteiger partial charge >= 0.3 is 0 Å². The number of ether oxygens (including phenoxy) is 1. The third kappa shape index (κ3) is 2.17. The summed E-state index contributed by atoms with van der Waals surface area (Å²) < 4.78 is 5.05. The predicted molar refractivity (Wildman–Crippen MR) is 58.4 cm³/mol. The summed E-state index contributed by atoms with van der Waals surface area (Å²) in [5, 5.41) is 18.7. The fraction of sp³-hybridized carbons (Fsp3) is 0.400. The lowest BCUT2D eigenvalue weighted by Crippen LogP contribution is -2.16. The highest BCUT2D eigenvalue weighted by molar-refractivity contribution is 6.33. The van der Waals surface area contributed by atoms with Gasteiger partial charge in [0.1, 0.15) is 16.5 Å². The normalized spacial score (nSPS) is 12.6. The molecular formula is C10H14ClNO3. The first-order chi connectivity index (χ1) is 7.02. The maximum Gasteiger partial charge on any atom is 0.146 e. The number of benzene rings is 1. The van der Waals surface area contributed by atoms with Crippen molar-refractivity contribution in [1.29, 1.82) is 0 Å². The first-order valence-electron chi connectivity index (χ1n) is 4.45. The van der Waals surface area contributed by atoms with Crippen molar-refractivity contribution in [3.63, 3.8) is 0 Å². The Bertz CT molecular complexity index is 368. The quantitative estimate of drug-likeness (QED) is 0.734. The molecule has 1 unspecified atom stereocenters. The second-order valence-corrected chi connectivity index (χ2v) is 3.65. The van der Waals surface area contributed by atoms with Gasteiger partial charge in [-0.2, -0.15) is 0 Å². The van der Waals surface area contributed by atoms with Gasteiger partial charge in [-0.15, -0.1) is 0 Å². The van der Waals surface area contributed by atoms with Crippen molar-refractivity contribution in [3.8, 4) is 11.5 Å². The van der Waals surface area contributed by atoms with Crippen molar-refractivity contribution in [2.75, 3.05) is 13.7 Å². The van der Waals surface area contributed by atoms with Gasteiger partial charge in [0, 0.05) is 5.56 Å². The molecule has 0 saturated carbocycles. The molecule has 5 heteroatoms. The lowest BCUT2D eigenvalue weighted by Gasteiger charge is -2.17. The summed E-state index contributed by atoms with van der Waals surface area (Å²) in [6.45, 7) is 1.49. The van der Waals surface area contributed by atoms with Gasteiger partial charge in [0.25, 0.3) is 0 Å². The number of aliphatic hydroxyl groups is 1. The number of phenolic OH excluding ortho intramolecular Hbond substituents is 1. The third-order valence-electron chi connectivity index (χ3n) is 2.22. The maximum absolute atomic E-state index is 9.58. The van der Waals surface area contributed by atoms with Crippen molar-refractivity contribution >= 4 is 11.6 Å². The Morgan fingerprint density at radius 3 is 2.67 bits per heavy atom. The van der Waals surface area contributed by atoms with Crippen LogP contribution in [0.2, 0.25) is 5.02 Å². The van der Waals surface area contributed by atoms with Crippen LogP contribution in [0.5, 0.6) is 11.5 Å². The number of aliphatic hydroxyl groups excluding tert-OH is 1. The lowest BCUT2D eigenvalue weighted by molar-refractivity contribution is 0.264. The zero-order chi connectivity index (χ0) is 11.6. The van der Waals surface area contributed by atoms with Crippen molar-refractivity contribution in [2.45, 2.75) is 13.0 Å². The number of halogens is 1. The number of aromatic hydroxyl groups is 1. The van der Waals surface area contributed by atoms with E-state index in [1.165, 1.54) is 7.11 Å². The van der Waals surface area contributed by atoms with E-state index in [9.17, 15) is 5.11 Å². The molecule has 0 aliphatic carbocycles. The third-order valence-corrected chi connectivity index (χ3v) is 2.57. The van der Waals surface area contributed by atoms with Gasteiger partial charge in [-0.3, -0.25) is 0 Å². The van der Waals surface area contributed by atoms with Crippen LogP contribution in [0.4, 0.5) is 0 Å². The Kier molecular flexibility index (Phi) is 3.79. The molecule has 0 aliphatic heterocycles. The molecule has 0 heterocycles. The minimum absolute atomic E-state index is 0.0255. The molecule has 1 rings (SSSR count). The van der Waals surface area contributed by atoms with Gasteiger partial charge in [0.2, 0.25) is 0 Å². The molecule has 1 aromatic rings. The van der Waals surface area contributed by atoms with Gasteiger partial charge in [0.15, 0.2) is 0 Å². The van der Waals surface area contributed by atoms with E-state index >= 15 is 0 Å². The zero-order valence-electron chi connectivity index (χ0n) is 8.62. The number of hydrogen-bond donors (Lipinski definition) is 3. The van der Waals surface area contributed by atoms with Crippen LogP contribution < -0.4 is 10.5 Å². The number of hydrogen-bond acceptors (Lipinski definition) is 4. The number of nitrogens with two attached hydrogens (primary N) is 1. The Balaban J connectivity index is 3.38. The number of rotatable bonds is 3. The van der Waals surface area contributed by atoms with Gasteiger partial charge in [0.05, 0.1) is 19.8 Å². The van der Waals surface area contributed by atoms with Crippen LogP contribution in [-0.2, 0) is 0 Å². The molecule has 0 aliphatic rings. The second-order valence-electron chi connectivity index (χ2n) is 3.27. The van der Waals surface area contributed by atoms with Crippen molar-refractivity contribution in [1.82, 2.24) is 0 Å². The van der Waals surface area contributed by atoms with Crippen molar-refractivity contribution < 1.29 is 14.9 Å². The molecule has 4 N–H and O–H groups in total. The van der Waals surface area contributed by atoms with Crippen LogP contribution in [0.15, 0.2) is 6.07 Å². The smallest absolute Gasteiger partial charge is 0.146 e. The summed E-state index contributed by atoms with van der Waals surface area (Å²) in [6.07, 6.45) is 0. The van der Waals surface area contributed by atoms with Crippen LogP contribution in [0.25, 0.3) is 0 Å². The Hall–Kier alpha value is -0.970. The first kappa shape index (κ1) is 12.1. The summed E-state index contributed by atoms with van der Waals surface area (Å²) in [5.41, 5.74) is 6.87. The summed E-state index contributed by atoms with van der Waals surface area (Å²) in [5.74, 6) is 0.281. The molecule has 0 radical (unpaired) electrons. The van der Waals surface area contributed by atoms with E-state index in [1.54, 1.807) is 13.0 Å². The molecule has 0 saturated heterocycles. The molecule has 1 aromatic carbocycles. The fourth-order valence-corrected chi connectivity index (χ4v) is 1.69. The predicted octanol–water partition coefficient (Wildman–Crippen LogP) is 1.35. The molecule has 0 amide bonds. The molecule has 0 fully saturated rings. The molecule has 84 valence electrons. The molecule has 4 nitrogen and oxygen atoms in total. The van der Waals surface area contributed by atoms with E-state index < -0.39 is 6.04 Å². The monoisotopic (exact) mass is 231 g/mol. The van der Waals surface area contributed by atoms with Gasteiger partial charge in [-0.05, 0) is 18.6 Å². The van der Waals surface area contributed by atoms with Crippen molar-refractivity contribution in [2.24, 2.45) is 5.73 Å². The summed E-state index contributed by atoms with van der Waals surface area (Å²) in [6, 6.07) is 1.08. The second kappa shape index (κ2) is 4.70. The average Bonchev–Trinajstić information content (AvgIpc) is 2.24. The minimum atomic E-state index is -0.572. The van der Waals surface area contributed by atoms with Crippen LogP contribution in [0.1, 0.15) is 17.2 Å². The van der Waals surface area contributed by atoms with E-state index in [4.69, 9.17) is 27.2 Å². The maximum atomic E-state index is 9.58. The Morgan fingerprint density at radius 1 is 1.60 bits per heavy atom. The van der Waals surface area contributed by atoms with E-state index in [1.807, 2.05) is 0 Å². The molecule has 15 heavy (non-hydrogen) atoms. The molecule has 0 bridgehead atoms. The summed E-state index contributed by atoms with van der Waals surface area (Å²) in [7, 11) is 1.43. The zero-order valence-corrected chi connectivity index (χ0v) is 9.38. The number of phenols is 1. The summed E-state index contributed by atoms with van der Waals surface area (Å²) in [4.78, 5) is 0. The van der Waals surface area contributed by atoms with Crippen LogP contribution in [0.3, 0.4) is 0 Å².